The number of benzene rings is 1. The predicted molar refractivity (Wildman–Crippen MR) is 67.4 cm³/mol. The molecule has 17 heavy (non-hydrogen) atoms. The minimum Gasteiger partial charge on any atom is -0.493 e. The summed E-state index contributed by atoms with van der Waals surface area (Å²) in [6.45, 7) is 5.93. The highest BCUT2D eigenvalue weighted by atomic mass is 16.6. The first-order chi connectivity index (χ1) is 8.12. The van der Waals surface area contributed by atoms with Gasteiger partial charge in [0.15, 0.2) is 11.5 Å². The van der Waals surface area contributed by atoms with Crippen LogP contribution in [0.15, 0.2) is 18.2 Å². The lowest BCUT2D eigenvalue weighted by molar-refractivity contribution is -0.139. The lowest BCUT2D eigenvalue weighted by Crippen LogP contribution is -2.19. The Morgan fingerprint density at radius 3 is 2.41 bits per heavy atom. The normalized spacial score (nSPS) is 10.4. The van der Waals surface area contributed by atoms with Crippen LogP contribution in [0, 0.1) is 12.8 Å². The summed E-state index contributed by atoms with van der Waals surface area (Å²) in [4.78, 5) is 11.9. The topological polar surface area (TPSA) is 35.5 Å². The first kappa shape index (κ1) is 13.6. The number of esters is 1. The van der Waals surface area contributed by atoms with E-state index in [1.54, 1.807) is 7.11 Å². The van der Waals surface area contributed by atoms with Crippen molar-refractivity contribution < 1.29 is 14.3 Å². The van der Waals surface area contributed by atoms with E-state index >= 15 is 0 Å². The number of hydrogen-bond acceptors (Lipinski definition) is 3. The number of carbonyl (C=O) groups is 1. The van der Waals surface area contributed by atoms with E-state index in [1.807, 2.05) is 39.0 Å². The molecule has 1 aromatic carbocycles. The second-order valence-corrected chi connectivity index (χ2v) is 4.09. The third-order valence-electron chi connectivity index (χ3n) is 2.85. The number of ether oxygens (including phenoxy) is 2. The van der Waals surface area contributed by atoms with Gasteiger partial charge < -0.3 is 9.47 Å². The lowest BCUT2D eigenvalue weighted by Gasteiger charge is -2.14. The van der Waals surface area contributed by atoms with E-state index in [2.05, 4.69) is 0 Å². The van der Waals surface area contributed by atoms with Gasteiger partial charge in [-0.25, -0.2) is 0 Å². The van der Waals surface area contributed by atoms with Gasteiger partial charge in [-0.1, -0.05) is 19.9 Å². The first-order valence-electron chi connectivity index (χ1n) is 5.98. The van der Waals surface area contributed by atoms with Crippen LogP contribution in [0.25, 0.3) is 0 Å². The van der Waals surface area contributed by atoms with Gasteiger partial charge in [-0.3, -0.25) is 4.79 Å². The molecule has 0 heterocycles. The molecule has 1 aromatic rings. The Hall–Kier alpha value is -1.51. The number of aryl methyl sites for hydroxylation is 1. The number of hydrogen-bond donors (Lipinski definition) is 0. The van der Waals surface area contributed by atoms with Gasteiger partial charge in [-0.2, -0.15) is 0 Å². The Kier molecular flexibility index (Phi) is 5.01. The van der Waals surface area contributed by atoms with Crippen molar-refractivity contribution in [3.63, 3.8) is 0 Å². The molecule has 0 amide bonds. The molecular weight excluding hydrogens is 216 g/mol. The maximum atomic E-state index is 11.9. The van der Waals surface area contributed by atoms with Crippen molar-refractivity contribution >= 4 is 5.97 Å². The Morgan fingerprint density at radius 2 is 1.88 bits per heavy atom. The van der Waals surface area contributed by atoms with Gasteiger partial charge in [0.05, 0.1) is 13.0 Å². The molecule has 3 heteroatoms. The summed E-state index contributed by atoms with van der Waals surface area (Å²) < 4.78 is 10.6. The van der Waals surface area contributed by atoms with Gasteiger partial charge in [0.2, 0.25) is 0 Å². The number of rotatable bonds is 5. The largest absolute Gasteiger partial charge is 0.493 e. The van der Waals surface area contributed by atoms with Gasteiger partial charge in [0, 0.05) is 0 Å². The van der Waals surface area contributed by atoms with Crippen molar-refractivity contribution in [3.8, 4) is 11.5 Å². The first-order valence-corrected chi connectivity index (χ1v) is 5.98. The molecule has 0 atom stereocenters. The second-order valence-electron chi connectivity index (χ2n) is 4.09. The standard InChI is InChI=1S/C14H20O3/c1-5-11(6-2)14(15)17-13-9-10(3)7-8-12(13)16-4/h7-9,11H,5-6H2,1-4H3. The fraction of sp³-hybridized carbons (Fsp3) is 0.500. The maximum Gasteiger partial charge on any atom is 0.314 e. The van der Waals surface area contributed by atoms with E-state index in [1.165, 1.54) is 0 Å². The van der Waals surface area contributed by atoms with Crippen LogP contribution in [0.1, 0.15) is 32.3 Å². The zero-order valence-corrected chi connectivity index (χ0v) is 10.9. The van der Waals surface area contributed by atoms with Crippen LogP contribution in [0.5, 0.6) is 11.5 Å². The highest BCUT2D eigenvalue weighted by Gasteiger charge is 2.18. The average Bonchev–Trinajstić information content (AvgIpc) is 2.31. The quantitative estimate of drug-likeness (QED) is 0.581. The summed E-state index contributed by atoms with van der Waals surface area (Å²) in [5.41, 5.74) is 1.04. The van der Waals surface area contributed by atoms with Crippen LogP contribution < -0.4 is 9.47 Å². The monoisotopic (exact) mass is 236 g/mol. The van der Waals surface area contributed by atoms with Crippen LogP contribution in [0.4, 0.5) is 0 Å². The van der Waals surface area contributed by atoms with E-state index in [0.29, 0.717) is 11.5 Å². The molecule has 1 rings (SSSR count). The van der Waals surface area contributed by atoms with Gasteiger partial charge in [0.25, 0.3) is 0 Å². The zero-order valence-electron chi connectivity index (χ0n) is 10.9. The molecule has 0 saturated heterocycles. The molecule has 0 saturated carbocycles. The minimum atomic E-state index is -0.182. The van der Waals surface area contributed by atoms with Crippen LogP contribution in [-0.4, -0.2) is 13.1 Å². The molecule has 0 fully saturated rings. The molecular formula is C14H20O3. The zero-order chi connectivity index (χ0) is 12.8. The molecule has 0 radical (unpaired) electrons. The Bertz CT molecular complexity index is 381. The van der Waals surface area contributed by atoms with E-state index in [-0.39, 0.29) is 11.9 Å². The number of carbonyl (C=O) groups excluding carboxylic acids is 1. The van der Waals surface area contributed by atoms with E-state index < -0.39 is 0 Å². The van der Waals surface area contributed by atoms with E-state index in [9.17, 15) is 4.79 Å². The van der Waals surface area contributed by atoms with E-state index in [0.717, 1.165) is 18.4 Å². The van der Waals surface area contributed by atoms with Gasteiger partial charge in [-0.05, 0) is 37.5 Å². The van der Waals surface area contributed by atoms with Crippen LogP contribution >= 0.6 is 0 Å². The maximum absolute atomic E-state index is 11.9. The SMILES string of the molecule is CCC(CC)C(=O)Oc1cc(C)ccc1OC. The predicted octanol–water partition coefficient (Wildman–Crippen LogP) is 3.35. The fourth-order valence-corrected chi connectivity index (χ4v) is 1.68. The van der Waals surface area contributed by atoms with Crippen molar-refractivity contribution in [1.29, 1.82) is 0 Å². The van der Waals surface area contributed by atoms with Crippen molar-refractivity contribution in [2.45, 2.75) is 33.6 Å². The van der Waals surface area contributed by atoms with Crippen molar-refractivity contribution in [2.75, 3.05) is 7.11 Å². The van der Waals surface area contributed by atoms with Crippen molar-refractivity contribution in [1.82, 2.24) is 0 Å². The molecule has 0 aliphatic rings. The van der Waals surface area contributed by atoms with Crippen LogP contribution in [-0.2, 0) is 4.79 Å². The van der Waals surface area contributed by atoms with Crippen LogP contribution in [0.2, 0.25) is 0 Å². The Morgan fingerprint density at radius 1 is 1.24 bits per heavy atom. The molecule has 0 aliphatic heterocycles. The molecule has 94 valence electrons. The molecule has 0 unspecified atom stereocenters. The molecule has 0 N–H and O–H groups in total. The molecule has 0 aliphatic carbocycles. The molecule has 0 bridgehead atoms. The van der Waals surface area contributed by atoms with Crippen LogP contribution in [0.3, 0.4) is 0 Å². The van der Waals surface area contributed by atoms with Gasteiger partial charge in [-0.15, -0.1) is 0 Å². The summed E-state index contributed by atoms with van der Waals surface area (Å²) >= 11 is 0. The third kappa shape index (κ3) is 3.48. The highest BCUT2D eigenvalue weighted by molar-refractivity contribution is 5.75. The molecule has 0 spiro atoms. The summed E-state index contributed by atoms with van der Waals surface area (Å²) in [5, 5.41) is 0. The van der Waals surface area contributed by atoms with Gasteiger partial charge >= 0.3 is 5.97 Å². The summed E-state index contributed by atoms with van der Waals surface area (Å²) in [6, 6.07) is 5.55. The minimum absolute atomic E-state index is 0.0415. The van der Waals surface area contributed by atoms with Crippen molar-refractivity contribution in [2.24, 2.45) is 5.92 Å². The summed E-state index contributed by atoms with van der Waals surface area (Å²) in [7, 11) is 1.57. The van der Waals surface area contributed by atoms with Crippen molar-refractivity contribution in [3.05, 3.63) is 23.8 Å². The Balaban J connectivity index is 2.86. The number of methoxy groups -OCH3 is 1. The molecule has 3 nitrogen and oxygen atoms in total. The third-order valence-corrected chi connectivity index (χ3v) is 2.85. The summed E-state index contributed by atoms with van der Waals surface area (Å²) in [6.07, 6.45) is 1.59. The van der Waals surface area contributed by atoms with E-state index in [4.69, 9.17) is 9.47 Å². The fourth-order valence-electron chi connectivity index (χ4n) is 1.68. The second kappa shape index (κ2) is 6.28. The smallest absolute Gasteiger partial charge is 0.314 e. The lowest BCUT2D eigenvalue weighted by atomic mass is 10.0. The highest BCUT2D eigenvalue weighted by Crippen LogP contribution is 2.29. The Labute approximate surface area is 103 Å². The average molecular weight is 236 g/mol. The molecule has 0 aromatic heterocycles. The van der Waals surface area contributed by atoms with Gasteiger partial charge in [0.1, 0.15) is 0 Å². The summed E-state index contributed by atoms with van der Waals surface area (Å²) in [5.74, 6) is 0.874.